The van der Waals surface area contributed by atoms with Crippen LogP contribution in [0.5, 0.6) is 5.75 Å². The van der Waals surface area contributed by atoms with Crippen LogP contribution in [0.4, 0.5) is 0 Å². The molecular formula is C19H16N4O2S. The average Bonchev–Trinajstić information content (AvgIpc) is 3.37. The molecule has 26 heavy (non-hydrogen) atoms. The quantitative estimate of drug-likeness (QED) is 0.477. The summed E-state index contributed by atoms with van der Waals surface area (Å²) in [6.45, 7) is 0. The number of ether oxygens (including phenoxy) is 1. The van der Waals surface area contributed by atoms with Crippen molar-refractivity contribution in [1.82, 2.24) is 20.0 Å². The summed E-state index contributed by atoms with van der Waals surface area (Å²) >= 11 is 1.46. The molecular weight excluding hydrogens is 348 g/mol. The standard InChI is InChI=1S/C19H16N4O2S/c1-24-17-9-7-14(8-10-17)18-20-21-19(25-18)26-13-15-11-12-23(22-15)16-5-3-2-4-6-16/h2-12H,13H2,1H3. The fraction of sp³-hybridized carbons (Fsp3) is 0.105. The molecule has 0 saturated carbocycles. The Labute approximate surface area is 154 Å². The van der Waals surface area contributed by atoms with Crippen LogP contribution in [-0.4, -0.2) is 27.1 Å². The second-order valence-electron chi connectivity index (χ2n) is 5.48. The lowest BCUT2D eigenvalue weighted by atomic mass is 10.2. The fourth-order valence-electron chi connectivity index (χ4n) is 2.42. The van der Waals surface area contributed by atoms with E-state index in [4.69, 9.17) is 9.15 Å². The summed E-state index contributed by atoms with van der Waals surface area (Å²) in [6.07, 6.45) is 1.95. The zero-order chi connectivity index (χ0) is 17.8. The highest BCUT2D eigenvalue weighted by Gasteiger charge is 2.10. The lowest BCUT2D eigenvalue weighted by Crippen LogP contribution is -1.94. The molecule has 0 aliphatic heterocycles. The first-order chi connectivity index (χ1) is 12.8. The summed E-state index contributed by atoms with van der Waals surface area (Å²) in [5.41, 5.74) is 2.84. The number of rotatable bonds is 6. The maximum absolute atomic E-state index is 5.72. The van der Waals surface area contributed by atoms with Crippen molar-refractivity contribution in [2.45, 2.75) is 11.0 Å². The van der Waals surface area contributed by atoms with E-state index < -0.39 is 0 Å². The number of thioether (sulfide) groups is 1. The Kier molecular flexibility index (Phi) is 4.70. The van der Waals surface area contributed by atoms with E-state index >= 15 is 0 Å². The van der Waals surface area contributed by atoms with Gasteiger partial charge in [0.05, 0.1) is 18.5 Å². The van der Waals surface area contributed by atoms with Crippen LogP contribution in [0.25, 0.3) is 17.1 Å². The molecule has 4 rings (SSSR count). The van der Waals surface area contributed by atoms with Gasteiger partial charge in [-0.15, -0.1) is 10.2 Å². The summed E-state index contributed by atoms with van der Waals surface area (Å²) in [7, 11) is 1.63. The van der Waals surface area contributed by atoms with Crippen molar-refractivity contribution in [3.8, 4) is 22.9 Å². The molecule has 0 unspecified atom stereocenters. The zero-order valence-electron chi connectivity index (χ0n) is 14.1. The Morgan fingerprint density at radius 2 is 1.81 bits per heavy atom. The van der Waals surface area contributed by atoms with Crippen LogP contribution in [0.3, 0.4) is 0 Å². The van der Waals surface area contributed by atoms with Gasteiger partial charge in [-0.25, -0.2) is 4.68 Å². The van der Waals surface area contributed by atoms with Gasteiger partial charge in [0.1, 0.15) is 5.75 Å². The van der Waals surface area contributed by atoms with Crippen molar-refractivity contribution >= 4 is 11.8 Å². The van der Waals surface area contributed by atoms with Gasteiger partial charge in [-0.3, -0.25) is 0 Å². The molecule has 2 aromatic heterocycles. The van der Waals surface area contributed by atoms with E-state index in [9.17, 15) is 0 Å². The number of aromatic nitrogens is 4. The van der Waals surface area contributed by atoms with Crippen molar-refractivity contribution < 1.29 is 9.15 Å². The van der Waals surface area contributed by atoms with E-state index in [1.165, 1.54) is 11.8 Å². The molecule has 130 valence electrons. The third-order valence-electron chi connectivity index (χ3n) is 3.75. The summed E-state index contributed by atoms with van der Waals surface area (Å²) in [4.78, 5) is 0. The molecule has 2 heterocycles. The average molecular weight is 364 g/mol. The maximum Gasteiger partial charge on any atom is 0.277 e. The molecule has 0 aliphatic carbocycles. The molecule has 0 fully saturated rings. The van der Waals surface area contributed by atoms with Gasteiger partial charge in [-0.1, -0.05) is 30.0 Å². The minimum atomic E-state index is 0.491. The molecule has 0 radical (unpaired) electrons. The van der Waals surface area contributed by atoms with Crippen LogP contribution in [0.2, 0.25) is 0 Å². The maximum atomic E-state index is 5.72. The fourth-order valence-corrected chi connectivity index (χ4v) is 3.08. The van der Waals surface area contributed by atoms with Crippen molar-refractivity contribution in [1.29, 1.82) is 0 Å². The van der Waals surface area contributed by atoms with Crippen LogP contribution in [0, 0.1) is 0 Å². The van der Waals surface area contributed by atoms with Crippen LogP contribution in [0.1, 0.15) is 5.69 Å². The predicted octanol–water partition coefficient (Wildman–Crippen LogP) is 4.22. The molecule has 7 heteroatoms. The van der Waals surface area contributed by atoms with E-state index in [0.29, 0.717) is 16.9 Å². The highest BCUT2D eigenvalue weighted by molar-refractivity contribution is 7.98. The van der Waals surface area contributed by atoms with Gasteiger partial charge in [0, 0.05) is 17.5 Å². The number of nitrogens with zero attached hydrogens (tertiary/aromatic N) is 4. The van der Waals surface area contributed by atoms with Gasteiger partial charge in [0.2, 0.25) is 5.89 Å². The second kappa shape index (κ2) is 7.45. The van der Waals surface area contributed by atoms with Gasteiger partial charge in [0.15, 0.2) is 0 Å². The Hall–Kier alpha value is -3.06. The van der Waals surface area contributed by atoms with E-state index in [2.05, 4.69) is 15.3 Å². The Morgan fingerprint density at radius 3 is 2.58 bits per heavy atom. The molecule has 0 atom stereocenters. The highest BCUT2D eigenvalue weighted by atomic mass is 32.2. The second-order valence-corrected chi connectivity index (χ2v) is 6.40. The summed E-state index contributed by atoms with van der Waals surface area (Å²) in [6, 6.07) is 19.5. The smallest absolute Gasteiger partial charge is 0.277 e. The number of hydrogen-bond acceptors (Lipinski definition) is 6. The van der Waals surface area contributed by atoms with Crippen molar-refractivity contribution in [3.05, 3.63) is 72.6 Å². The minimum Gasteiger partial charge on any atom is -0.497 e. The zero-order valence-corrected chi connectivity index (χ0v) is 14.9. The molecule has 0 aliphatic rings. The van der Waals surface area contributed by atoms with Gasteiger partial charge in [-0.05, 0) is 42.5 Å². The van der Waals surface area contributed by atoms with Gasteiger partial charge < -0.3 is 9.15 Å². The SMILES string of the molecule is COc1ccc(-c2nnc(SCc3ccn(-c4ccccc4)n3)o2)cc1. The summed E-state index contributed by atoms with van der Waals surface area (Å²) in [5.74, 6) is 1.94. The topological polar surface area (TPSA) is 66.0 Å². The Balaban J connectivity index is 1.41. The first-order valence-corrected chi connectivity index (χ1v) is 9.01. The molecule has 2 aromatic carbocycles. The number of benzene rings is 2. The van der Waals surface area contributed by atoms with Crippen molar-refractivity contribution in [2.75, 3.05) is 7.11 Å². The monoisotopic (exact) mass is 364 g/mol. The summed E-state index contributed by atoms with van der Waals surface area (Å²) in [5, 5.41) is 13.3. The predicted molar refractivity (Wildman–Crippen MR) is 99.4 cm³/mol. The van der Waals surface area contributed by atoms with Gasteiger partial charge in [-0.2, -0.15) is 5.10 Å². The Bertz CT molecular complexity index is 980. The molecule has 0 bridgehead atoms. The van der Waals surface area contributed by atoms with Crippen LogP contribution < -0.4 is 4.74 Å². The van der Waals surface area contributed by atoms with E-state index in [0.717, 1.165) is 22.7 Å². The van der Waals surface area contributed by atoms with E-state index in [1.54, 1.807) is 7.11 Å². The third kappa shape index (κ3) is 3.62. The van der Waals surface area contributed by atoms with Crippen LogP contribution >= 0.6 is 11.8 Å². The van der Waals surface area contributed by atoms with Crippen molar-refractivity contribution in [3.63, 3.8) is 0 Å². The molecule has 0 saturated heterocycles. The first-order valence-electron chi connectivity index (χ1n) is 8.02. The van der Waals surface area contributed by atoms with Crippen molar-refractivity contribution in [2.24, 2.45) is 0 Å². The molecule has 0 amide bonds. The van der Waals surface area contributed by atoms with Gasteiger partial charge >= 0.3 is 0 Å². The normalized spacial score (nSPS) is 10.8. The van der Waals surface area contributed by atoms with Gasteiger partial charge in [0.25, 0.3) is 5.22 Å². The Morgan fingerprint density at radius 1 is 1.00 bits per heavy atom. The van der Waals surface area contributed by atoms with E-state index in [1.807, 2.05) is 71.5 Å². The number of methoxy groups -OCH3 is 1. The largest absolute Gasteiger partial charge is 0.497 e. The lowest BCUT2D eigenvalue weighted by molar-refractivity contribution is 0.414. The number of hydrogen-bond donors (Lipinski definition) is 0. The van der Waals surface area contributed by atoms with E-state index in [-0.39, 0.29) is 0 Å². The molecule has 6 nitrogen and oxygen atoms in total. The lowest BCUT2D eigenvalue weighted by Gasteiger charge is -1.99. The van der Waals surface area contributed by atoms with Crippen LogP contribution in [-0.2, 0) is 5.75 Å². The minimum absolute atomic E-state index is 0.491. The molecule has 0 spiro atoms. The summed E-state index contributed by atoms with van der Waals surface area (Å²) < 4.78 is 12.7. The molecule has 4 aromatic rings. The highest BCUT2D eigenvalue weighted by Crippen LogP contribution is 2.26. The molecule has 0 N–H and O–H groups in total. The van der Waals surface area contributed by atoms with Crippen LogP contribution in [0.15, 0.2) is 76.5 Å². The number of para-hydroxylation sites is 1. The third-order valence-corrected chi connectivity index (χ3v) is 4.60. The first kappa shape index (κ1) is 16.4.